The standard InChI is InChI=1S/C16H24N2OS/c1-2-3-4-5-6-7-8-15(19)18-14-11-9-13(10-12-14)16(17)20/h9-12H,2-8H2,1H3,(H2,17,20)(H,18,19). The fourth-order valence-corrected chi connectivity index (χ4v) is 2.14. The first-order valence-electron chi connectivity index (χ1n) is 7.33. The van der Waals surface area contributed by atoms with Crippen LogP contribution in [0.1, 0.15) is 57.4 Å². The molecule has 0 atom stereocenters. The Bertz CT molecular complexity index is 429. The fraction of sp³-hybridized carbons (Fsp3) is 0.500. The molecule has 4 heteroatoms. The number of hydrogen-bond acceptors (Lipinski definition) is 2. The summed E-state index contributed by atoms with van der Waals surface area (Å²) in [4.78, 5) is 12.1. The molecule has 1 amide bonds. The lowest BCUT2D eigenvalue weighted by Crippen LogP contribution is -2.12. The highest BCUT2D eigenvalue weighted by atomic mass is 32.1. The molecule has 0 heterocycles. The summed E-state index contributed by atoms with van der Waals surface area (Å²) in [7, 11) is 0. The molecule has 110 valence electrons. The summed E-state index contributed by atoms with van der Waals surface area (Å²) < 4.78 is 0. The average Bonchev–Trinajstić information content (AvgIpc) is 2.43. The second-order valence-electron chi connectivity index (χ2n) is 5.01. The lowest BCUT2D eigenvalue weighted by molar-refractivity contribution is -0.116. The van der Waals surface area contributed by atoms with Crippen molar-refractivity contribution in [1.29, 1.82) is 0 Å². The first-order valence-corrected chi connectivity index (χ1v) is 7.74. The molecule has 3 nitrogen and oxygen atoms in total. The van der Waals surface area contributed by atoms with Crippen LogP contribution < -0.4 is 11.1 Å². The van der Waals surface area contributed by atoms with Gasteiger partial charge in [-0.3, -0.25) is 4.79 Å². The lowest BCUT2D eigenvalue weighted by atomic mass is 10.1. The number of anilines is 1. The maximum atomic E-state index is 11.8. The Morgan fingerprint density at radius 3 is 2.30 bits per heavy atom. The van der Waals surface area contributed by atoms with E-state index in [9.17, 15) is 4.79 Å². The zero-order valence-electron chi connectivity index (χ0n) is 12.2. The molecule has 0 spiro atoms. The SMILES string of the molecule is CCCCCCCCC(=O)Nc1ccc(C(N)=S)cc1. The number of carbonyl (C=O) groups is 1. The van der Waals surface area contributed by atoms with Gasteiger partial charge in [-0.25, -0.2) is 0 Å². The molecule has 0 aliphatic carbocycles. The summed E-state index contributed by atoms with van der Waals surface area (Å²) in [6.45, 7) is 2.20. The Morgan fingerprint density at radius 1 is 1.10 bits per heavy atom. The van der Waals surface area contributed by atoms with E-state index >= 15 is 0 Å². The summed E-state index contributed by atoms with van der Waals surface area (Å²) in [6, 6.07) is 7.30. The number of hydrogen-bond donors (Lipinski definition) is 2. The third-order valence-corrected chi connectivity index (χ3v) is 3.45. The van der Waals surface area contributed by atoms with Gasteiger partial charge in [-0.05, 0) is 30.7 Å². The van der Waals surface area contributed by atoms with E-state index in [4.69, 9.17) is 18.0 Å². The van der Waals surface area contributed by atoms with Gasteiger partial charge in [0.15, 0.2) is 0 Å². The Hall–Kier alpha value is -1.42. The number of thiocarbonyl (C=S) groups is 1. The second-order valence-corrected chi connectivity index (χ2v) is 5.45. The van der Waals surface area contributed by atoms with Gasteiger partial charge in [-0.15, -0.1) is 0 Å². The first kappa shape index (κ1) is 16.6. The van der Waals surface area contributed by atoms with Crippen LogP contribution in [-0.2, 0) is 4.79 Å². The molecular formula is C16H24N2OS. The fourth-order valence-electron chi connectivity index (χ4n) is 2.01. The lowest BCUT2D eigenvalue weighted by Gasteiger charge is -2.06. The van der Waals surface area contributed by atoms with Gasteiger partial charge < -0.3 is 11.1 Å². The molecule has 0 fully saturated rings. The van der Waals surface area contributed by atoms with Crippen molar-refractivity contribution >= 4 is 28.8 Å². The molecule has 1 aromatic carbocycles. The summed E-state index contributed by atoms with van der Waals surface area (Å²) >= 11 is 4.88. The molecule has 0 aliphatic rings. The van der Waals surface area contributed by atoms with Crippen molar-refractivity contribution in [2.75, 3.05) is 5.32 Å². The first-order chi connectivity index (χ1) is 9.63. The molecular weight excluding hydrogens is 268 g/mol. The highest BCUT2D eigenvalue weighted by Crippen LogP contribution is 2.11. The maximum Gasteiger partial charge on any atom is 0.224 e. The molecule has 0 aromatic heterocycles. The van der Waals surface area contributed by atoms with Crippen LogP contribution >= 0.6 is 12.2 Å². The van der Waals surface area contributed by atoms with Crippen molar-refractivity contribution in [3.63, 3.8) is 0 Å². The van der Waals surface area contributed by atoms with Crippen LogP contribution in [-0.4, -0.2) is 10.9 Å². The topological polar surface area (TPSA) is 55.1 Å². The number of carbonyl (C=O) groups excluding carboxylic acids is 1. The minimum atomic E-state index is 0.0727. The van der Waals surface area contributed by atoms with Gasteiger partial charge in [0.2, 0.25) is 5.91 Å². The molecule has 0 saturated heterocycles. The smallest absolute Gasteiger partial charge is 0.224 e. The highest BCUT2D eigenvalue weighted by Gasteiger charge is 2.03. The number of amides is 1. The van der Waals surface area contributed by atoms with Crippen LogP contribution in [0.5, 0.6) is 0 Å². The van der Waals surface area contributed by atoms with Crippen LogP contribution in [0.4, 0.5) is 5.69 Å². The number of rotatable bonds is 9. The van der Waals surface area contributed by atoms with E-state index in [0.29, 0.717) is 11.4 Å². The zero-order chi connectivity index (χ0) is 14.8. The van der Waals surface area contributed by atoms with Crippen molar-refractivity contribution in [1.82, 2.24) is 0 Å². The van der Waals surface area contributed by atoms with Crippen LogP contribution in [0.15, 0.2) is 24.3 Å². The molecule has 1 rings (SSSR count). The minimum absolute atomic E-state index is 0.0727. The molecule has 0 saturated carbocycles. The third-order valence-electron chi connectivity index (χ3n) is 3.21. The number of nitrogens with two attached hydrogens (primary N) is 1. The number of nitrogens with one attached hydrogen (secondary N) is 1. The monoisotopic (exact) mass is 292 g/mol. The predicted octanol–water partition coefficient (Wildman–Crippen LogP) is 4.01. The molecule has 1 aromatic rings. The number of benzene rings is 1. The molecule has 3 N–H and O–H groups in total. The second kappa shape index (κ2) is 9.48. The zero-order valence-corrected chi connectivity index (χ0v) is 13.0. The van der Waals surface area contributed by atoms with Gasteiger partial charge in [-0.1, -0.05) is 51.2 Å². The summed E-state index contributed by atoms with van der Waals surface area (Å²) in [6.07, 6.45) is 7.73. The van der Waals surface area contributed by atoms with E-state index in [2.05, 4.69) is 12.2 Å². The van der Waals surface area contributed by atoms with Crippen LogP contribution in [0.2, 0.25) is 0 Å². The predicted molar refractivity (Wildman–Crippen MR) is 89.0 cm³/mol. The summed E-state index contributed by atoms with van der Waals surface area (Å²) in [5, 5.41) is 2.89. The van der Waals surface area contributed by atoms with Gasteiger partial charge in [0.1, 0.15) is 4.99 Å². The van der Waals surface area contributed by atoms with E-state index < -0.39 is 0 Å². The maximum absolute atomic E-state index is 11.8. The van der Waals surface area contributed by atoms with Gasteiger partial charge in [0, 0.05) is 17.7 Å². The minimum Gasteiger partial charge on any atom is -0.389 e. The van der Waals surface area contributed by atoms with Crippen molar-refractivity contribution in [3.05, 3.63) is 29.8 Å². The van der Waals surface area contributed by atoms with Crippen LogP contribution in [0.25, 0.3) is 0 Å². The van der Waals surface area contributed by atoms with Crippen molar-refractivity contribution < 1.29 is 4.79 Å². The Morgan fingerprint density at radius 2 is 1.70 bits per heavy atom. The van der Waals surface area contributed by atoms with E-state index in [1.165, 1.54) is 25.7 Å². The molecule has 0 aliphatic heterocycles. The molecule has 0 unspecified atom stereocenters. The van der Waals surface area contributed by atoms with Crippen molar-refractivity contribution in [3.8, 4) is 0 Å². The van der Waals surface area contributed by atoms with Crippen LogP contribution in [0, 0.1) is 0 Å². The Labute approximate surface area is 126 Å². The number of unbranched alkanes of at least 4 members (excludes halogenated alkanes) is 5. The molecule has 0 radical (unpaired) electrons. The van der Waals surface area contributed by atoms with Gasteiger partial charge >= 0.3 is 0 Å². The summed E-state index contributed by atoms with van der Waals surface area (Å²) in [5.41, 5.74) is 7.13. The van der Waals surface area contributed by atoms with Gasteiger partial charge in [0.05, 0.1) is 0 Å². The largest absolute Gasteiger partial charge is 0.389 e. The molecule has 0 bridgehead atoms. The Balaban J connectivity index is 2.23. The van der Waals surface area contributed by atoms with E-state index in [1.54, 1.807) is 0 Å². The summed E-state index contributed by atoms with van der Waals surface area (Å²) in [5.74, 6) is 0.0727. The average molecular weight is 292 g/mol. The van der Waals surface area contributed by atoms with Crippen molar-refractivity contribution in [2.24, 2.45) is 5.73 Å². The van der Waals surface area contributed by atoms with E-state index in [0.717, 1.165) is 24.1 Å². The Kier molecular flexibility index (Phi) is 7.88. The quantitative estimate of drug-likeness (QED) is 0.534. The normalized spacial score (nSPS) is 10.2. The molecule has 20 heavy (non-hydrogen) atoms. The van der Waals surface area contributed by atoms with Gasteiger partial charge in [0.25, 0.3) is 0 Å². The van der Waals surface area contributed by atoms with E-state index in [-0.39, 0.29) is 5.91 Å². The third kappa shape index (κ3) is 6.66. The van der Waals surface area contributed by atoms with Crippen molar-refractivity contribution in [2.45, 2.75) is 51.9 Å². The highest BCUT2D eigenvalue weighted by molar-refractivity contribution is 7.80. The van der Waals surface area contributed by atoms with Gasteiger partial charge in [-0.2, -0.15) is 0 Å². The van der Waals surface area contributed by atoms with Crippen LogP contribution in [0.3, 0.4) is 0 Å². The van der Waals surface area contributed by atoms with E-state index in [1.807, 2.05) is 24.3 Å².